The minimum absolute atomic E-state index is 0.00597. The highest BCUT2D eigenvalue weighted by Gasteiger charge is 2.37. The van der Waals surface area contributed by atoms with Gasteiger partial charge in [-0.05, 0) is 30.2 Å². The first kappa shape index (κ1) is 19.3. The third-order valence-electron chi connectivity index (χ3n) is 4.67. The van der Waals surface area contributed by atoms with Crippen molar-refractivity contribution in [1.82, 2.24) is 0 Å². The Kier molecular flexibility index (Phi) is 5.58. The number of ether oxygens (including phenoxy) is 2. The zero-order valence-electron chi connectivity index (χ0n) is 15.6. The maximum atomic E-state index is 12.5. The summed E-state index contributed by atoms with van der Waals surface area (Å²) in [4.78, 5) is 36.7. The Hall–Kier alpha value is -3.42. The molecule has 0 N–H and O–H groups in total. The minimum Gasteiger partial charge on any atom is -0.494 e. The van der Waals surface area contributed by atoms with Gasteiger partial charge in [0.05, 0.1) is 29.7 Å². The van der Waals surface area contributed by atoms with Gasteiger partial charge >= 0.3 is 5.97 Å². The topological polar surface area (TPSA) is 99.0 Å². The fourth-order valence-electron chi connectivity index (χ4n) is 3.09. The van der Waals surface area contributed by atoms with Gasteiger partial charge < -0.3 is 14.4 Å². The summed E-state index contributed by atoms with van der Waals surface area (Å²) in [5, 5.41) is 10.9. The number of nitro benzene ring substituents is 1. The number of nitro groups is 1. The molecule has 0 saturated carbocycles. The summed E-state index contributed by atoms with van der Waals surface area (Å²) in [5.41, 5.74) is 1.38. The molecule has 8 nitrogen and oxygen atoms in total. The highest BCUT2D eigenvalue weighted by atomic mass is 16.6. The molecule has 1 aliphatic heterocycles. The Morgan fingerprint density at radius 3 is 2.57 bits per heavy atom. The lowest BCUT2D eigenvalue weighted by Gasteiger charge is -2.19. The fraction of sp³-hybridized carbons (Fsp3) is 0.300. The molecule has 0 spiro atoms. The third-order valence-corrected chi connectivity index (χ3v) is 4.67. The number of carbonyl (C=O) groups excluding carboxylic acids is 2. The van der Waals surface area contributed by atoms with Gasteiger partial charge in [0.15, 0.2) is 0 Å². The molecule has 3 rings (SSSR count). The number of rotatable bonds is 6. The molecule has 2 aromatic carbocycles. The van der Waals surface area contributed by atoms with Crippen LogP contribution in [0.5, 0.6) is 11.5 Å². The Morgan fingerprint density at radius 2 is 1.96 bits per heavy atom. The number of benzene rings is 2. The highest BCUT2D eigenvalue weighted by molar-refractivity contribution is 6.00. The van der Waals surface area contributed by atoms with Crippen LogP contribution >= 0.6 is 0 Å². The van der Waals surface area contributed by atoms with E-state index in [1.807, 2.05) is 19.1 Å². The summed E-state index contributed by atoms with van der Waals surface area (Å²) in [6.07, 6.45) is 0.892. The first-order chi connectivity index (χ1) is 13.4. The summed E-state index contributed by atoms with van der Waals surface area (Å²) in [6.45, 7) is 2.16. The monoisotopic (exact) mass is 384 g/mol. The van der Waals surface area contributed by atoms with Gasteiger partial charge in [0, 0.05) is 19.0 Å². The quantitative estimate of drug-likeness (QED) is 0.328. The predicted molar refractivity (Wildman–Crippen MR) is 102 cm³/mol. The van der Waals surface area contributed by atoms with E-state index in [0.29, 0.717) is 11.4 Å². The van der Waals surface area contributed by atoms with E-state index in [0.717, 1.165) is 12.0 Å². The van der Waals surface area contributed by atoms with Crippen LogP contribution in [0.2, 0.25) is 0 Å². The van der Waals surface area contributed by atoms with Gasteiger partial charge in [-0.25, -0.2) is 0 Å². The molecule has 1 atom stereocenters. The average Bonchev–Trinajstić information content (AvgIpc) is 3.09. The molecule has 1 fully saturated rings. The van der Waals surface area contributed by atoms with Crippen molar-refractivity contribution in [2.75, 3.05) is 18.6 Å². The van der Waals surface area contributed by atoms with E-state index in [1.165, 1.54) is 30.2 Å². The number of amides is 1. The molecular weight excluding hydrogens is 364 g/mol. The molecule has 0 aromatic heterocycles. The molecule has 0 unspecified atom stereocenters. The summed E-state index contributed by atoms with van der Waals surface area (Å²) < 4.78 is 10.6. The molecule has 146 valence electrons. The molecule has 2 aromatic rings. The van der Waals surface area contributed by atoms with Crippen LogP contribution in [0.25, 0.3) is 0 Å². The standard InChI is InChI=1S/C20H20N2O6/c1-3-13-4-7-16(8-5-13)28-20(24)14-10-19(23)21(12-14)17-9-6-15(22(25)26)11-18(17)27-2/h4-9,11,14H,3,10,12H2,1-2H3/t14-/m1/s1. The smallest absolute Gasteiger partial charge is 0.316 e. The zero-order chi connectivity index (χ0) is 20.3. The molecule has 1 heterocycles. The average molecular weight is 384 g/mol. The number of hydrogen-bond acceptors (Lipinski definition) is 6. The lowest BCUT2D eigenvalue weighted by molar-refractivity contribution is -0.384. The largest absolute Gasteiger partial charge is 0.494 e. The second-order valence-corrected chi connectivity index (χ2v) is 6.44. The number of methoxy groups -OCH3 is 1. The molecule has 28 heavy (non-hydrogen) atoms. The van der Waals surface area contributed by atoms with Crippen LogP contribution in [0.4, 0.5) is 11.4 Å². The van der Waals surface area contributed by atoms with E-state index in [2.05, 4.69) is 0 Å². The van der Waals surface area contributed by atoms with Crippen LogP contribution in [-0.2, 0) is 16.0 Å². The van der Waals surface area contributed by atoms with E-state index in [9.17, 15) is 19.7 Å². The summed E-state index contributed by atoms with van der Waals surface area (Å²) in [6, 6.07) is 11.2. The van der Waals surface area contributed by atoms with Crippen molar-refractivity contribution in [3.8, 4) is 11.5 Å². The number of carbonyl (C=O) groups is 2. The Morgan fingerprint density at radius 1 is 1.25 bits per heavy atom. The van der Waals surface area contributed by atoms with Crippen molar-refractivity contribution in [2.45, 2.75) is 19.8 Å². The Balaban J connectivity index is 1.74. The molecule has 0 bridgehead atoms. The predicted octanol–water partition coefficient (Wildman–Crippen LogP) is 3.12. The van der Waals surface area contributed by atoms with Gasteiger partial charge in [-0.2, -0.15) is 0 Å². The van der Waals surface area contributed by atoms with Gasteiger partial charge in [0.1, 0.15) is 11.5 Å². The van der Waals surface area contributed by atoms with E-state index >= 15 is 0 Å². The number of aryl methyl sites for hydroxylation is 1. The Bertz CT molecular complexity index is 909. The summed E-state index contributed by atoms with van der Waals surface area (Å²) >= 11 is 0. The second-order valence-electron chi connectivity index (χ2n) is 6.44. The van der Waals surface area contributed by atoms with Crippen LogP contribution in [0, 0.1) is 16.0 Å². The van der Waals surface area contributed by atoms with Gasteiger partial charge in [-0.15, -0.1) is 0 Å². The molecule has 0 radical (unpaired) electrons. The van der Waals surface area contributed by atoms with Crippen molar-refractivity contribution in [3.05, 3.63) is 58.1 Å². The number of non-ortho nitro benzene ring substituents is 1. The number of nitrogens with zero attached hydrogens (tertiary/aromatic N) is 2. The second kappa shape index (κ2) is 8.08. The van der Waals surface area contributed by atoms with E-state index in [1.54, 1.807) is 12.1 Å². The normalized spacial score (nSPS) is 16.1. The van der Waals surface area contributed by atoms with Crippen molar-refractivity contribution < 1.29 is 24.0 Å². The van der Waals surface area contributed by atoms with Crippen molar-refractivity contribution in [3.63, 3.8) is 0 Å². The maximum absolute atomic E-state index is 12.5. The van der Waals surface area contributed by atoms with Crippen molar-refractivity contribution in [2.24, 2.45) is 5.92 Å². The zero-order valence-corrected chi connectivity index (χ0v) is 15.6. The minimum atomic E-state index is -0.627. The van der Waals surface area contributed by atoms with Crippen LogP contribution in [0.1, 0.15) is 18.9 Å². The SMILES string of the molecule is CCc1ccc(OC(=O)[C@@H]2CC(=O)N(c3ccc([N+](=O)[O-])cc3OC)C2)cc1. The third kappa shape index (κ3) is 3.95. The van der Waals surface area contributed by atoms with Crippen LogP contribution < -0.4 is 14.4 Å². The van der Waals surface area contributed by atoms with Gasteiger partial charge in [0.2, 0.25) is 5.91 Å². The first-order valence-corrected chi connectivity index (χ1v) is 8.86. The lowest BCUT2D eigenvalue weighted by Crippen LogP contribution is -2.27. The van der Waals surface area contributed by atoms with Crippen molar-refractivity contribution in [1.29, 1.82) is 0 Å². The first-order valence-electron chi connectivity index (χ1n) is 8.86. The van der Waals surface area contributed by atoms with E-state index in [-0.39, 0.29) is 30.3 Å². The van der Waals surface area contributed by atoms with Gasteiger partial charge in [-0.1, -0.05) is 19.1 Å². The molecular formula is C20H20N2O6. The molecule has 1 amide bonds. The van der Waals surface area contributed by atoms with Crippen LogP contribution in [0.15, 0.2) is 42.5 Å². The fourth-order valence-corrected chi connectivity index (χ4v) is 3.09. The number of esters is 1. The van der Waals surface area contributed by atoms with Crippen LogP contribution in [-0.4, -0.2) is 30.5 Å². The van der Waals surface area contributed by atoms with Crippen molar-refractivity contribution >= 4 is 23.3 Å². The Labute approximate surface area is 161 Å². The number of hydrogen-bond donors (Lipinski definition) is 0. The summed E-state index contributed by atoms with van der Waals surface area (Å²) in [5.74, 6) is -0.748. The summed E-state index contributed by atoms with van der Waals surface area (Å²) in [7, 11) is 1.37. The molecule has 0 aliphatic carbocycles. The highest BCUT2D eigenvalue weighted by Crippen LogP contribution is 2.36. The molecule has 8 heteroatoms. The maximum Gasteiger partial charge on any atom is 0.316 e. The van der Waals surface area contributed by atoms with Gasteiger partial charge in [0.25, 0.3) is 5.69 Å². The van der Waals surface area contributed by atoms with Gasteiger partial charge in [-0.3, -0.25) is 19.7 Å². The molecule has 1 aliphatic rings. The number of anilines is 1. The van der Waals surface area contributed by atoms with E-state index < -0.39 is 16.8 Å². The van der Waals surface area contributed by atoms with Crippen LogP contribution in [0.3, 0.4) is 0 Å². The molecule has 1 saturated heterocycles. The lowest BCUT2D eigenvalue weighted by atomic mass is 10.1. The van der Waals surface area contributed by atoms with E-state index in [4.69, 9.17) is 9.47 Å².